The summed E-state index contributed by atoms with van der Waals surface area (Å²) in [6, 6.07) is 2.11. The Balaban J connectivity index is 1.90. The molecule has 1 N–H and O–H groups in total. The van der Waals surface area contributed by atoms with Crippen LogP contribution in [0.25, 0.3) is 0 Å². The SMILES string of the molecule is CCCNc1ncc(CSc2cc(C)nn2C)s1. The van der Waals surface area contributed by atoms with Crippen molar-refractivity contribution in [2.24, 2.45) is 7.05 Å². The topological polar surface area (TPSA) is 42.7 Å². The summed E-state index contributed by atoms with van der Waals surface area (Å²) >= 11 is 3.53. The van der Waals surface area contributed by atoms with Gasteiger partial charge >= 0.3 is 0 Å². The molecular weight excluding hydrogens is 264 g/mol. The lowest BCUT2D eigenvalue weighted by atomic mass is 10.5. The second-order valence-corrected chi connectivity index (χ2v) is 6.21. The molecule has 2 aromatic heterocycles. The van der Waals surface area contributed by atoms with Gasteiger partial charge in [-0.15, -0.1) is 23.1 Å². The van der Waals surface area contributed by atoms with Crippen molar-refractivity contribution in [3.63, 3.8) is 0 Å². The summed E-state index contributed by atoms with van der Waals surface area (Å²) < 4.78 is 1.93. The minimum atomic E-state index is 0.949. The summed E-state index contributed by atoms with van der Waals surface area (Å²) in [6.45, 7) is 5.16. The predicted molar refractivity (Wildman–Crippen MR) is 78.4 cm³/mol. The summed E-state index contributed by atoms with van der Waals surface area (Å²) in [5, 5.41) is 9.87. The Bertz CT molecular complexity index is 504. The molecule has 0 bridgehead atoms. The molecule has 0 aliphatic rings. The third-order valence-electron chi connectivity index (χ3n) is 2.40. The molecule has 0 aliphatic carbocycles. The highest BCUT2D eigenvalue weighted by Crippen LogP contribution is 2.27. The van der Waals surface area contributed by atoms with Gasteiger partial charge in [-0.25, -0.2) is 4.98 Å². The third-order valence-corrected chi connectivity index (χ3v) is 4.67. The Morgan fingerprint density at radius 3 is 3.00 bits per heavy atom. The molecule has 0 amide bonds. The third kappa shape index (κ3) is 3.49. The molecule has 2 heterocycles. The van der Waals surface area contributed by atoms with Crippen molar-refractivity contribution in [3.8, 4) is 0 Å². The number of thioether (sulfide) groups is 1. The summed E-state index contributed by atoms with van der Waals surface area (Å²) in [7, 11) is 1.98. The van der Waals surface area contributed by atoms with Gasteiger partial charge < -0.3 is 5.32 Å². The summed E-state index contributed by atoms with van der Waals surface area (Å²) in [6.07, 6.45) is 3.08. The minimum Gasteiger partial charge on any atom is -0.362 e. The molecule has 98 valence electrons. The second-order valence-electron chi connectivity index (χ2n) is 4.09. The number of thiazole rings is 1. The van der Waals surface area contributed by atoms with E-state index in [9.17, 15) is 0 Å². The number of hydrogen-bond donors (Lipinski definition) is 1. The zero-order valence-corrected chi connectivity index (χ0v) is 12.6. The van der Waals surface area contributed by atoms with Gasteiger partial charge in [-0.05, 0) is 19.4 Å². The molecule has 6 heteroatoms. The zero-order chi connectivity index (χ0) is 13.0. The molecule has 0 saturated carbocycles. The molecule has 0 saturated heterocycles. The van der Waals surface area contributed by atoms with Crippen molar-refractivity contribution in [1.82, 2.24) is 14.8 Å². The zero-order valence-electron chi connectivity index (χ0n) is 10.9. The van der Waals surface area contributed by atoms with Crippen molar-refractivity contribution in [2.45, 2.75) is 31.0 Å². The Kier molecular flexibility index (Phi) is 4.66. The average Bonchev–Trinajstić information content (AvgIpc) is 2.91. The van der Waals surface area contributed by atoms with Crippen molar-refractivity contribution in [3.05, 3.63) is 22.8 Å². The quantitative estimate of drug-likeness (QED) is 0.826. The molecule has 2 aromatic rings. The van der Waals surface area contributed by atoms with E-state index >= 15 is 0 Å². The molecule has 0 radical (unpaired) electrons. The lowest BCUT2D eigenvalue weighted by Gasteiger charge is -1.99. The highest BCUT2D eigenvalue weighted by Gasteiger charge is 2.05. The lowest BCUT2D eigenvalue weighted by molar-refractivity contribution is 0.692. The highest BCUT2D eigenvalue weighted by atomic mass is 32.2. The van der Waals surface area contributed by atoms with E-state index in [0.29, 0.717) is 0 Å². The van der Waals surface area contributed by atoms with Crippen LogP contribution in [0.5, 0.6) is 0 Å². The number of aromatic nitrogens is 3. The number of rotatable bonds is 6. The van der Waals surface area contributed by atoms with E-state index in [4.69, 9.17) is 0 Å². The molecule has 18 heavy (non-hydrogen) atoms. The second kappa shape index (κ2) is 6.24. The Morgan fingerprint density at radius 2 is 2.33 bits per heavy atom. The molecule has 2 rings (SSSR count). The van der Waals surface area contributed by atoms with Gasteiger partial charge in [-0.3, -0.25) is 4.68 Å². The van der Waals surface area contributed by atoms with Crippen molar-refractivity contribution in [2.75, 3.05) is 11.9 Å². The fraction of sp³-hybridized carbons (Fsp3) is 0.500. The molecule has 0 atom stereocenters. The van der Waals surface area contributed by atoms with E-state index in [1.807, 2.05) is 24.9 Å². The van der Waals surface area contributed by atoms with Crippen LogP contribution in [0.2, 0.25) is 0 Å². The number of hydrogen-bond acceptors (Lipinski definition) is 5. The first-order valence-electron chi connectivity index (χ1n) is 6.01. The van der Waals surface area contributed by atoms with Crippen LogP contribution in [0.15, 0.2) is 17.3 Å². The van der Waals surface area contributed by atoms with Crippen LogP contribution in [0, 0.1) is 6.92 Å². The monoisotopic (exact) mass is 282 g/mol. The number of nitrogens with one attached hydrogen (secondary N) is 1. The number of anilines is 1. The van der Waals surface area contributed by atoms with Crippen LogP contribution in [0.4, 0.5) is 5.13 Å². The number of aryl methyl sites for hydroxylation is 2. The molecule has 0 spiro atoms. The Labute approximate surface area is 116 Å². The molecule has 0 aromatic carbocycles. The van der Waals surface area contributed by atoms with E-state index in [2.05, 4.69) is 28.4 Å². The first-order valence-corrected chi connectivity index (χ1v) is 7.81. The van der Waals surface area contributed by atoms with Gasteiger partial charge in [0.25, 0.3) is 0 Å². The van der Waals surface area contributed by atoms with Crippen molar-refractivity contribution in [1.29, 1.82) is 0 Å². The van der Waals surface area contributed by atoms with E-state index in [1.165, 1.54) is 9.90 Å². The van der Waals surface area contributed by atoms with Gasteiger partial charge in [0.1, 0.15) is 0 Å². The largest absolute Gasteiger partial charge is 0.362 e. The smallest absolute Gasteiger partial charge is 0.182 e. The maximum atomic E-state index is 4.37. The normalized spacial score (nSPS) is 10.8. The van der Waals surface area contributed by atoms with Gasteiger partial charge in [-0.2, -0.15) is 5.10 Å². The average molecular weight is 282 g/mol. The summed E-state index contributed by atoms with van der Waals surface area (Å²) in [5.41, 5.74) is 1.06. The lowest BCUT2D eigenvalue weighted by Crippen LogP contribution is -1.97. The van der Waals surface area contributed by atoms with Crippen LogP contribution >= 0.6 is 23.1 Å². The highest BCUT2D eigenvalue weighted by molar-refractivity contribution is 7.98. The molecular formula is C12H18N4S2. The molecule has 0 fully saturated rings. The first kappa shape index (κ1) is 13.4. The Morgan fingerprint density at radius 1 is 1.50 bits per heavy atom. The van der Waals surface area contributed by atoms with E-state index in [0.717, 1.165) is 29.5 Å². The summed E-state index contributed by atoms with van der Waals surface area (Å²) in [4.78, 5) is 5.65. The molecule has 0 unspecified atom stereocenters. The fourth-order valence-corrected chi connectivity index (χ4v) is 3.45. The van der Waals surface area contributed by atoms with Crippen LogP contribution in [0.1, 0.15) is 23.9 Å². The van der Waals surface area contributed by atoms with Crippen LogP contribution in [0.3, 0.4) is 0 Å². The standard InChI is InChI=1S/C12H18N4S2/c1-4-5-13-12-14-7-10(18-12)8-17-11-6-9(2)15-16(11)3/h6-7H,4-5,8H2,1-3H3,(H,13,14). The Hall–Kier alpha value is -1.01. The van der Waals surface area contributed by atoms with Crippen LogP contribution < -0.4 is 5.32 Å². The van der Waals surface area contributed by atoms with Crippen LogP contribution in [-0.2, 0) is 12.8 Å². The van der Waals surface area contributed by atoms with E-state index in [1.54, 1.807) is 23.1 Å². The van der Waals surface area contributed by atoms with Gasteiger partial charge in [0.2, 0.25) is 0 Å². The van der Waals surface area contributed by atoms with Gasteiger partial charge in [0, 0.05) is 30.4 Å². The van der Waals surface area contributed by atoms with E-state index < -0.39 is 0 Å². The van der Waals surface area contributed by atoms with Crippen molar-refractivity contribution < 1.29 is 0 Å². The molecule has 4 nitrogen and oxygen atoms in total. The van der Waals surface area contributed by atoms with Gasteiger partial charge in [0.15, 0.2) is 5.13 Å². The summed E-state index contributed by atoms with van der Waals surface area (Å²) in [5.74, 6) is 0.949. The van der Waals surface area contributed by atoms with Gasteiger partial charge in [-0.1, -0.05) is 6.92 Å². The fourth-order valence-electron chi connectivity index (χ4n) is 1.55. The minimum absolute atomic E-state index is 0.949. The maximum absolute atomic E-state index is 4.37. The predicted octanol–water partition coefficient (Wildman–Crippen LogP) is 3.30. The van der Waals surface area contributed by atoms with Gasteiger partial charge in [0.05, 0.1) is 10.7 Å². The first-order chi connectivity index (χ1) is 8.69. The number of nitrogens with zero attached hydrogens (tertiary/aromatic N) is 3. The maximum Gasteiger partial charge on any atom is 0.182 e. The van der Waals surface area contributed by atoms with Crippen LogP contribution in [-0.4, -0.2) is 21.3 Å². The van der Waals surface area contributed by atoms with E-state index in [-0.39, 0.29) is 0 Å². The molecule has 0 aliphatic heterocycles. The van der Waals surface area contributed by atoms with Crippen molar-refractivity contribution >= 4 is 28.2 Å².